The number of hydrogen-bond donors (Lipinski definition) is 1. The Labute approximate surface area is 121 Å². The zero-order valence-electron chi connectivity index (χ0n) is 12.8. The number of ether oxygens (including phenoxy) is 1. The summed E-state index contributed by atoms with van der Waals surface area (Å²) in [6, 6.07) is 4.81. The van der Waals surface area contributed by atoms with Gasteiger partial charge in [-0.15, -0.1) is 0 Å². The Hall–Kier alpha value is -1.27. The lowest BCUT2D eigenvalue weighted by molar-refractivity contribution is 0.243. The lowest BCUT2D eigenvalue weighted by Gasteiger charge is -2.19. The monoisotopic (exact) mass is 300 g/mol. The van der Waals surface area contributed by atoms with E-state index >= 15 is 0 Å². The molecule has 0 aliphatic heterocycles. The van der Waals surface area contributed by atoms with Crippen LogP contribution < -0.4 is 10.5 Å². The first-order chi connectivity index (χ1) is 9.05. The highest BCUT2D eigenvalue weighted by Crippen LogP contribution is 2.30. The van der Waals surface area contributed by atoms with E-state index in [2.05, 4.69) is 20.8 Å². The summed E-state index contributed by atoms with van der Waals surface area (Å²) >= 11 is 0. The van der Waals surface area contributed by atoms with Crippen LogP contribution in [0.1, 0.15) is 27.2 Å². The van der Waals surface area contributed by atoms with Crippen molar-refractivity contribution >= 4 is 15.7 Å². The lowest BCUT2D eigenvalue weighted by Crippen LogP contribution is -2.23. The third-order valence-corrected chi connectivity index (χ3v) is 4.77. The minimum atomic E-state index is -3.56. The van der Waals surface area contributed by atoms with Crippen molar-refractivity contribution in [3.63, 3.8) is 0 Å². The smallest absolute Gasteiger partial charge is 0.244 e. The first-order valence-electron chi connectivity index (χ1n) is 6.49. The summed E-state index contributed by atoms with van der Waals surface area (Å²) in [4.78, 5) is 0.0794. The summed E-state index contributed by atoms with van der Waals surface area (Å²) in [6.07, 6.45) is 0.858. The van der Waals surface area contributed by atoms with E-state index in [4.69, 9.17) is 10.5 Å². The van der Waals surface area contributed by atoms with Crippen molar-refractivity contribution in [1.29, 1.82) is 0 Å². The lowest BCUT2D eigenvalue weighted by atomic mass is 9.93. The number of hydrogen-bond acceptors (Lipinski definition) is 4. The Kier molecular flexibility index (Phi) is 5.05. The number of sulfonamides is 1. The fourth-order valence-corrected chi connectivity index (χ4v) is 2.56. The van der Waals surface area contributed by atoms with Gasteiger partial charge in [-0.2, -0.15) is 0 Å². The van der Waals surface area contributed by atoms with Gasteiger partial charge in [-0.25, -0.2) is 12.7 Å². The van der Waals surface area contributed by atoms with Crippen LogP contribution in [0.15, 0.2) is 23.1 Å². The Morgan fingerprint density at radius 2 is 1.85 bits per heavy atom. The van der Waals surface area contributed by atoms with E-state index in [1.807, 2.05) is 0 Å². The van der Waals surface area contributed by atoms with Crippen molar-refractivity contribution in [3.05, 3.63) is 18.2 Å². The molecule has 20 heavy (non-hydrogen) atoms. The quantitative estimate of drug-likeness (QED) is 0.847. The fraction of sp³-hybridized carbons (Fsp3) is 0.571. The zero-order valence-corrected chi connectivity index (χ0v) is 13.6. The molecule has 0 fully saturated rings. The fourth-order valence-electron chi connectivity index (χ4n) is 1.54. The first-order valence-corrected chi connectivity index (χ1v) is 7.93. The van der Waals surface area contributed by atoms with Gasteiger partial charge in [0.15, 0.2) is 0 Å². The first kappa shape index (κ1) is 16.8. The number of nitrogen functional groups attached to an aromatic ring is 1. The number of anilines is 1. The molecule has 0 amide bonds. The van der Waals surface area contributed by atoms with Gasteiger partial charge >= 0.3 is 0 Å². The molecule has 0 aliphatic carbocycles. The van der Waals surface area contributed by atoms with Gasteiger partial charge < -0.3 is 10.5 Å². The highest BCUT2D eigenvalue weighted by atomic mass is 32.2. The SMILES string of the molecule is CN(C)S(=O)(=O)c1cccc(OCCC(C)(C)C)c1N. The molecule has 2 N–H and O–H groups in total. The van der Waals surface area contributed by atoms with Crippen molar-refractivity contribution < 1.29 is 13.2 Å². The van der Waals surface area contributed by atoms with E-state index in [9.17, 15) is 8.42 Å². The number of rotatable bonds is 5. The van der Waals surface area contributed by atoms with Crippen LogP contribution in [0.25, 0.3) is 0 Å². The molecule has 0 bridgehead atoms. The maximum absolute atomic E-state index is 12.1. The number of para-hydroxylation sites is 1. The predicted octanol–water partition coefficient (Wildman–Crippen LogP) is 2.33. The molecule has 0 unspecified atom stereocenters. The molecular weight excluding hydrogens is 276 g/mol. The van der Waals surface area contributed by atoms with Crippen molar-refractivity contribution in [1.82, 2.24) is 4.31 Å². The topological polar surface area (TPSA) is 72.6 Å². The van der Waals surface area contributed by atoms with Gasteiger partial charge in [0.1, 0.15) is 10.6 Å². The van der Waals surface area contributed by atoms with Crippen molar-refractivity contribution in [2.45, 2.75) is 32.1 Å². The molecule has 1 rings (SSSR count). The van der Waals surface area contributed by atoms with Crippen molar-refractivity contribution in [2.75, 3.05) is 26.4 Å². The van der Waals surface area contributed by atoms with Crippen molar-refractivity contribution in [2.24, 2.45) is 5.41 Å². The number of nitrogens with zero attached hydrogens (tertiary/aromatic N) is 1. The molecule has 0 heterocycles. The van der Waals surface area contributed by atoms with Gasteiger partial charge in [0, 0.05) is 14.1 Å². The van der Waals surface area contributed by atoms with Gasteiger partial charge in [0.25, 0.3) is 0 Å². The second kappa shape index (κ2) is 6.01. The van der Waals surface area contributed by atoms with Crippen LogP contribution in [0.2, 0.25) is 0 Å². The van der Waals surface area contributed by atoms with E-state index < -0.39 is 10.0 Å². The Bertz CT molecular complexity index is 560. The minimum Gasteiger partial charge on any atom is -0.491 e. The van der Waals surface area contributed by atoms with E-state index in [0.29, 0.717) is 12.4 Å². The molecule has 0 aromatic heterocycles. The molecule has 0 saturated heterocycles. The Morgan fingerprint density at radius 1 is 1.25 bits per heavy atom. The summed E-state index contributed by atoms with van der Waals surface area (Å²) in [6.45, 7) is 6.85. The van der Waals surface area contributed by atoms with Crippen LogP contribution in [-0.4, -0.2) is 33.4 Å². The molecular formula is C14H24N2O3S. The summed E-state index contributed by atoms with van der Waals surface area (Å²) in [5.41, 5.74) is 6.24. The van der Waals surface area contributed by atoms with E-state index in [1.54, 1.807) is 12.1 Å². The molecule has 0 spiro atoms. The average Bonchev–Trinajstić information content (AvgIpc) is 2.29. The van der Waals surface area contributed by atoms with Gasteiger partial charge in [-0.05, 0) is 24.0 Å². The van der Waals surface area contributed by atoms with Crippen LogP contribution in [0.5, 0.6) is 5.75 Å². The maximum Gasteiger partial charge on any atom is 0.244 e. The zero-order chi connectivity index (χ0) is 15.6. The van der Waals surface area contributed by atoms with Crippen LogP contribution in [0.3, 0.4) is 0 Å². The van der Waals surface area contributed by atoms with Crippen LogP contribution in [0, 0.1) is 5.41 Å². The Morgan fingerprint density at radius 3 is 2.35 bits per heavy atom. The summed E-state index contributed by atoms with van der Waals surface area (Å²) < 4.78 is 31.0. The van der Waals surface area contributed by atoms with Crippen LogP contribution >= 0.6 is 0 Å². The summed E-state index contributed by atoms with van der Waals surface area (Å²) in [5.74, 6) is 0.414. The molecule has 5 nitrogen and oxygen atoms in total. The summed E-state index contributed by atoms with van der Waals surface area (Å²) in [5, 5.41) is 0. The third-order valence-electron chi connectivity index (χ3n) is 2.89. The predicted molar refractivity (Wildman–Crippen MR) is 81.3 cm³/mol. The van der Waals surface area contributed by atoms with Crippen LogP contribution in [0.4, 0.5) is 5.69 Å². The van der Waals surface area contributed by atoms with Crippen molar-refractivity contribution in [3.8, 4) is 5.75 Å². The number of nitrogens with two attached hydrogens (primary N) is 1. The molecule has 0 saturated carbocycles. The largest absolute Gasteiger partial charge is 0.491 e. The van der Waals surface area contributed by atoms with E-state index in [0.717, 1.165) is 10.7 Å². The Balaban J connectivity index is 2.97. The molecule has 114 valence electrons. The molecule has 1 aromatic carbocycles. The van der Waals surface area contributed by atoms with Gasteiger partial charge in [-0.1, -0.05) is 26.8 Å². The average molecular weight is 300 g/mol. The third kappa shape index (κ3) is 4.11. The highest BCUT2D eigenvalue weighted by Gasteiger charge is 2.22. The second-order valence-electron chi connectivity index (χ2n) is 6.11. The van der Waals surface area contributed by atoms with Gasteiger partial charge in [0.2, 0.25) is 10.0 Å². The second-order valence-corrected chi connectivity index (χ2v) is 8.23. The maximum atomic E-state index is 12.1. The van der Waals surface area contributed by atoms with E-state index in [1.165, 1.54) is 20.2 Å². The highest BCUT2D eigenvalue weighted by molar-refractivity contribution is 7.89. The van der Waals surface area contributed by atoms with Gasteiger partial charge in [-0.3, -0.25) is 0 Å². The molecule has 0 aliphatic rings. The van der Waals surface area contributed by atoms with Crippen LogP contribution in [-0.2, 0) is 10.0 Å². The van der Waals surface area contributed by atoms with Gasteiger partial charge in [0.05, 0.1) is 12.3 Å². The number of benzene rings is 1. The molecule has 0 atom stereocenters. The van der Waals surface area contributed by atoms with E-state index in [-0.39, 0.29) is 16.0 Å². The standard InChI is InChI=1S/C14H24N2O3S/c1-14(2,3)9-10-19-11-7-6-8-12(13(11)15)20(17,18)16(4)5/h6-8H,9-10,15H2,1-5H3. The summed E-state index contributed by atoms with van der Waals surface area (Å²) in [7, 11) is -0.607. The molecule has 1 aromatic rings. The minimum absolute atomic E-state index is 0.0794. The molecule has 6 heteroatoms. The molecule has 0 radical (unpaired) electrons. The normalized spacial score (nSPS) is 12.7.